The first-order chi connectivity index (χ1) is 12.8. The molecule has 1 rings (SSSR count). The number of benzene rings is 1. The van der Waals surface area contributed by atoms with E-state index in [4.69, 9.17) is 14.2 Å². The van der Waals surface area contributed by atoms with Gasteiger partial charge in [0, 0.05) is 6.61 Å². The molecule has 0 bridgehead atoms. The van der Waals surface area contributed by atoms with E-state index in [2.05, 4.69) is 11.9 Å². The Balaban J connectivity index is 2.55. The minimum atomic E-state index is -0.928. The first-order valence-corrected chi connectivity index (χ1v) is 9.20. The number of unbranched alkanes of at least 4 members (excludes halogenated alkanes) is 2. The summed E-state index contributed by atoms with van der Waals surface area (Å²) in [5.41, 5.74) is 0.209. The van der Waals surface area contributed by atoms with Crippen molar-refractivity contribution in [2.45, 2.75) is 58.3 Å². The van der Waals surface area contributed by atoms with Crippen LogP contribution in [0.4, 0.5) is 4.79 Å². The van der Waals surface area contributed by atoms with Gasteiger partial charge in [-0.2, -0.15) is 0 Å². The summed E-state index contributed by atoms with van der Waals surface area (Å²) in [7, 11) is 0. The van der Waals surface area contributed by atoms with Gasteiger partial charge in [0.2, 0.25) is 0 Å². The molecule has 27 heavy (non-hydrogen) atoms. The zero-order chi connectivity index (χ0) is 20.1. The van der Waals surface area contributed by atoms with E-state index in [0.717, 1.165) is 24.8 Å². The molecule has 0 saturated heterocycles. The summed E-state index contributed by atoms with van der Waals surface area (Å²) in [6.07, 6.45) is 3.91. The summed E-state index contributed by atoms with van der Waals surface area (Å²) in [6, 6.07) is 8.42. The Kier molecular flexibility index (Phi) is 10.2. The van der Waals surface area contributed by atoms with Crippen LogP contribution in [-0.4, -0.2) is 36.9 Å². The number of carbonyl (C=O) groups is 2. The standard InChI is InChI=1S/C21H31NO5/c1-5-6-7-11-14-25-16-18(22-20(24)27-21(2,3)4)19(23)26-15-17-12-9-8-10-13-17/h5,8-10,12-13,18H,1,6-7,11,14-16H2,2-4H3,(H,22,24)/t18-/m0/s1. The van der Waals surface area contributed by atoms with Gasteiger partial charge in [-0.1, -0.05) is 36.4 Å². The molecule has 0 radical (unpaired) electrons. The van der Waals surface area contributed by atoms with Gasteiger partial charge >= 0.3 is 12.1 Å². The van der Waals surface area contributed by atoms with E-state index in [9.17, 15) is 9.59 Å². The lowest BCUT2D eigenvalue weighted by atomic mass is 10.2. The lowest BCUT2D eigenvalue weighted by Gasteiger charge is -2.23. The summed E-state index contributed by atoms with van der Waals surface area (Å²) < 4.78 is 16.1. The second kappa shape index (κ2) is 12.1. The molecule has 1 aromatic rings. The van der Waals surface area contributed by atoms with E-state index in [1.54, 1.807) is 20.8 Å². The van der Waals surface area contributed by atoms with Crippen LogP contribution in [0.3, 0.4) is 0 Å². The molecular weight excluding hydrogens is 346 g/mol. The van der Waals surface area contributed by atoms with Crippen LogP contribution in [0.1, 0.15) is 45.6 Å². The normalized spacial score (nSPS) is 12.1. The van der Waals surface area contributed by atoms with E-state index in [1.807, 2.05) is 36.4 Å². The second-order valence-corrected chi connectivity index (χ2v) is 7.15. The van der Waals surface area contributed by atoms with Crippen LogP contribution in [0.2, 0.25) is 0 Å². The molecule has 0 fully saturated rings. The van der Waals surface area contributed by atoms with Crippen LogP contribution in [-0.2, 0) is 25.6 Å². The number of nitrogens with one attached hydrogen (secondary N) is 1. The molecule has 150 valence electrons. The molecule has 0 aliphatic rings. The van der Waals surface area contributed by atoms with E-state index >= 15 is 0 Å². The van der Waals surface area contributed by atoms with E-state index in [0.29, 0.717) is 6.61 Å². The molecule has 0 heterocycles. The highest BCUT2D eigenvalue weighted by molar-refractivity contribution is 5.81. The summed E-state index contributed by atoms with van der Waals surface area (Å²) in [5.74, 6) is -0.559. The quantitative estimate of drug-likeness (QED) is 0.358. The largest absolute Gasteiger partial charge is 0.459 e. The van der Waals surface area contributed by atoms with Gasteiger partial charge < -0.3 is 19.5 Å². The summed E-state index contributed by atoms with van der Waals surface area (Å²) in [6.45, 7) is 9.59. The van der Waals surface area contributed by atoms with Crippen LogP contribution in [0.5, 0.6) is 0 Å². The predicted molar refractivity (Wildman–Crippen MR) is 104 cm³/mol. The van der Waals surface area contributed by atoms with Gasteiger partial charge in [0.1, 0.15) is 12.2 Å². The highest BCUT2D eigenvalue weighted by Gasteiger charge is 2.25. The SMILES string of the molecule is C=CCCCCOC[C@H](NC(=O)OC(C)(C)C)C(=O)OCc1ccccc1. The number of rotatable bonds is 11. The van der Waals surface area contributed by atoms with Crippen LogP contribution < -0.4 is 5.32 Å². The Hall–Kier alpha value is -2.34. The first kappa shape index (κ1) is 22.7. The van der Waals surface area contributed by atoms with Crippen molar-refractivity contribution >= 4 is 12.1 Å². The van der Waals surface area contributed by atoms with Crippen LogP contribution in [0.15, 0.2) is 43.0 Å². The minimum Gasteiger partial charge on any atom is -0.459 e. The van der Waals surface area contributed by atoms with Crippen molar-refractivity contribution in [1.29, 1.82) is 0 Å². The third-order valence-electron chi connectivity index (χ3n) is 3.43. The van der Waals surface area contributed by atoms with Crippen LogP contribution in [0, 0.1) is 0 Å². The van der Waals surface area contributed by atoms with Crippen molar-refractivity contribution in [1.82, 2.24) is 5.32 Å². The molecule has 0 aromatic heterocycles. The molecule has 0 saturated carbocycles. The van der Waals surface area contributed by atoms with Crippen molar-refractivity contribution in [2.75, 3.05) is 13.2 Å². The molecule has 0 unspecified atom stereocenters. The molecule has 1 N–H and O–H groups in total. The minimum absolute atomic E-state index is 0.0287. The average Bonchev–Trinajstić information content (AvgIpc) is 2.61. The maximum absolute atomic E-state index is 12.4. The van der Waals surface area contributed by atoms with Crippen molar-refractivity contribution < 1.29 is 23.8 Å². The van der Waals surface area contributed by atoms with E-state index in [-0.39, 0.29) is 13.2 Å². The van der Waals surface area contributed by atoms with Crippen LogP contribution in [0.25, 0.3) is 0 Å². The first-order valence-electron chi connectivity index (χ1n) is 9.20. The van der Waals surface area contributed by atoms with E-state index < -0.39 is 23.7 Å². The Bertz CT molecular complexity index is 580. The predicted octanol–water partition coefficient (Wildman–Crippen LogP) is 4.00. The van der Waals surface area contributed by atoms with E-state index in [1.165, 1.54) is 0 Å². The fourth-order valence-corrected chi connectivity index (χ4v) is 2.14. The molecule has 0 spiro atoms. The van der Waals surface area contributed by atoms with Gasteiger partial charge in [-0.05, 0) is 45.6 Å². The molecule has 0 aliphatic heterocycles. The molecule has 6 heteroatoms. The number of amides is 1. The Morgan fingerprint density at radius 2 is 1.89 bits per heavy atom. The van der Waals surface area contributed by atoms with Crippen molar-refractivity contribution in [3.63, 3.8) is 0 Å². The second-order valence-electron chi connectivity index (χ2n) is 7.15. The monoisotopic (exact) mass is 377 g/mol. The van der Waals surface area contributed by atoms with Gasteiger partial charge in [0.25, 0.3) is 0 Å². The lowest BCUT2D eigenvalue weighted by molar-refractivity contribution is -0.149. The number of carbonyl (C=O) groups excluding carboxylic acids is 2. The summed E-state index contributed by atoms with van der Waals surface area (Å²) in [4.78, 5) is 24.4. The van der Waals surface area contributed by atoms with Gasteiger partial charge in [-0.25, -0.2) is 9.59 Å². The Morgan fingerprint density at radius 1 is 1.19 bits per heavy atom. The van der Waals surface area contributed by atoms with Gasteiger partial charge in [-0.3, -0.25) is 0 Å². The highest BCUT2D eigenvalue weighted by atomic mass is 16.6. The van der Waals surface area contributed by atoms with Gasteiger partial charge in [-0.15, -0.1) is 6.58 Å². The fourth-order valence-electron chi connectivity index (χ4n) is 2.14. The van der Waals surface area contributed by atoms with Crippen molar-refractivity contribution in [2.24, 2.45) is 0 Å². The molecule has 1 aromatic carbocycles. The fraction of sp³-hybridized carbons (Fsp3) is 0.524. The van der Waals surface area contributed by atoms with Gasteiger partial charge in [0.15, 0.2) is 6.04 Å². The number of hydrogen-bond acceptors (Lipinski definition) is 5. The zero-order valence-corrected chi connectivity index (χ0v) is 16.5. The topological polar surface area (TPSA) is 73.9 Å². The number of allylic oxidation sites excluding steroid dienone is 1. The van der Waals surface area contributed by atoms with Gasteiger partial charge in [0.05, 0.1) is 6.61 Å². The maximum Gasteiger partial charge on any atom is 0.408 e. The smallest absolute Gasteiger partial charge is 0.408 e. The molecule has 6 nitrogen and oxygen atoms in total. The number of esters is 1. The summed E-state index contributed by atoms with van der Waals surface area (Å²) in [5, 5.41) is 2.53. The maximum atomic E-state index is 12.4. The highest BCUT2D eigenvalue weighted by Crippen LogP contribution is 2.08. The summed E-state index contributed by atoms with van der Waals surface area (Å²) >= 11 is 0. The molecule has 1 atom stereocenters. The third kappa shape index (κ3) is 11.1. The third-order valence-corrected chi connectivity index (χ3v) is 3.43. The lowest BCUT2D eigenvalue weighted by Crippen LogP contribution is -2.46. The number of ether oxygens (including phenoxy) is 3. The van der Waals surface area contributed by atoms with Crippen LogP contribution >= 0.6 is 0 Å². The molecule has 1 amide bonds. The number of hydrogen-bond donors (Lipinski definition) is 1. The molecular formula is C21H31NO5. The Morgan fingerprint density at radius 3 is 2.52 bits per heavy atom. The zero-order valence-electron chi connectivity index (χ0n) is 16.5. The Labute approximate surface area is 161 Å². The average molecular weight is 377 g/mol. The van der Waals surface area contributed by atoms with Crippen molar-refractivity contribution in [3.8, 4) is 0 Å². The molecule has 0 aliphatic carbocycles. The van der Waals surface area contributed by atoms with Crippen molar-refractivity contribution in [3.05, 3.63) is 48.6 Å². The number of alkyl carbamates (subject to hydrolysis) is 1.